The van der Waals surface area contributed by atoms with Gasteiger partial charge in [-0.1, -0.05) is 12.8 Å². The van der Waals surface area contributed by atoms with Gasteiger partial charge in [-0.15, -0.1) is 0 Å². The lowest BCUT2D eigenvalue weighted by Crippen LogP contribution is -2.18. The number of halogens is 1. The fourth-order valence-electron chi connectivity index (χ4n) is 2.61. The maximum atomic E-state index is 10.9. The predicted molar refractivity (Wildman–Crippen MR) is 48.6 cm³/mol. The van der Waals surface area contributed by atoms with E-state index in [0.717, 1.165) is 12.8 Å². The van der Waals surface area contributed by atoms with Crippen molar-refractivity contribution in [3.8, 4) is 0 Å². The van der Waals surface area contributed by atoms with E-state index in [1.54, 1.807) is 0 Å². The van der Waals surface area contributed by atoms with Crippen molar-refractivity contribution < 1.29 is 8.42 Å². The van der Waals surface area contributed by atoms with Crippen LogP contribution in [0.4, 0.5) is 0 Å². The Kier molecular flexibility index (Phi) is 1.92. The van der Waals surface area contributed by atoms with Crippen LogP contribution in [-0.2, 0) is 9.05 Å². The summed E-state index contributed by atoms with van der Waals surface area (Å²) in [5.41, 5.74) is 0.110. The second kappa shape index (κ2) is 2.61. The lowest BCUT2D eigenvalue weighted by molar-refractivity contribution is 0.367. The van der Waals surface area contributed by atoms with Crippen molar-refractivity contribution in [1.82, 2.24) is 0 Å². The highest BCUT2D eigenvalue weighted by Crippen LogP contribution is 2.62. The van der Waals surface area contributed by atoms with Crippen LogP contribution < -0.4 is 0 Å². The van der Waals surface area contributed by atoms with Gasteiger partial charge >= 0.3 is 0 Å². The second-order valence-electron chi connectivity index (χ2n) is 4.19. The molecule has 70 valence electrons. The Bertz CT molecular complexity index is 285. The molecular formula is C8H13ClO2S. The number of fused-ring (bicyclic) bond motifs is 1. The molecule has 2 fully saturated rings. The van der Waals surface area contributed by atoms with E-state index in [-0.39, 0.29) is 11.2 Å². The summed E-state index contributed by atoms with van der Waals surface area (Å²) >= 11 is 0. The molecule has 0 radical (unpaired) electrons. The van der Waals surface area contributed by atoms with Gasteiger partial charge in [0.05, 0.1) is 5.75 Å². The molecule has 2 nitrogen and oxygen atoms in total. The minimum Gasteiger partial charge on any atom is -0.212 e. The molecule has 0 aromatic carbocycles. The molecule has 2 atom stereocenters. The van der Waals surface area contributed by atoms with Crippen LogP contribution in [0.2, 0.25) is 0 Å². The Morgan fingerprint density at radius 3 is 2.75 bits per heavy atom. The molecule has 2 aliphatic rings. The molecule has 0 saturated heterocycles. The molecule has 0 aromatic rings. The van der Waals surface area contributed by atoms with Crippen molar-refractivity contribution in [2.45, 2.75) is 32.1 Å². The Morgan fingerprint density at radius 1 is 1.42 bits per heavy atom. The standard InChI is InChI=1S/C8H13ClO2S/c9-12(10,11)6-8-4-2-1-3-7(8)5-8/h7H,1-6H2. The van der Waals surface area contributed by atoms with E-state index >= 15 is 0 Å². The predicted octanol–water partition coefficient (Wildman–Crippen LogP) is 2.14. The normalized spacial score (nSPS) is 40.6. The summed E-state index contributed by atoms with van der Waals surface area (Å²) < 4.78 is 21.8. The topological polar surface area (TPSA) is 34.1 Å². The smallest absolute Gasteiger partial charge is 0.212 e. The van der Waals surface area contributed by atoms with Gasteiger partial charge in [0.15, 0.2) is 0 Å². The van der Waals surface area contributed by atoms with E-state index < -0.39 is 9.05 Å². The van der Waals surface area contributed by atoms with Gasteiger partial charge in [0, 0.05) is 10.7 Å². The maximum absolute atomic E-state index is 10.9. The van der Waals surface area contributed by atoms with E-state index in [0.29, 0.717) is 5.92 Å². The molecule has 2 unspecified atom stereocenters. The molecule has 0 heterocycles. The molecule has 0 bridgehead atoms. The number of rotatable bonds is 2. The van der Waals surface area contributed by atoms with E-state index in [4.69, 9.17) is 10.7 Å². The van der Waals surface area contributed by atoms with E-state index in [9.17, 15) is 8.42 Å². The first kappa shape index (κ1) is 8.82. The average Bonchev–Trinajstić information content (AvgIpc) is 2.56. The first-order valence-electron chi connectivity index (χ1n) is 4.44. The van der Waals surface area contributed by atoms with Gasteiger partial charge in [0.2, 0.25) is 9.05 Å². The summed E-state index contributed by atoms with van der Waals surface area (Å²) in [6.07, 6.45) is 5.84. The SMILES string of the molecule is O=S(=O)(Cl)CC12CCCCC1C2. The summed E-state index contributed by atoms with van der Waals surface area (Å²) in [6, 6.07) is 0. The molecule has 2 saturated carbocycles. The zero-order valence-corrected chi connectivity index (χ0v) is 8.50. The van der Waals surface area contributed by atoms with Gasteiger partial charge < -0.3 is 0 Å². The van der Waals surface area contributed by atoms with Crippen molar-refractivity contribution in [1.29, 1.82) is 0 Å². The van der Waals surface area contributed by atoms with Gasteiger partial charge in [-0.3, -0.25) is 0 Å². The fourth-order valence-corrected chi connectivity index (χ4v) is 4.44. The number of hydrogen-bond donors (Lipinski definition) is 0. The van der Waals surface area contributed by atoms with Crippen LogP contribution in [0.1, 0.15) is 32.1 Å². The summed E-state index contributed by atoms with van der Waals surface area (Å²) in [6.45, 7) is 0. The van der Waals surface area contributed by atoms with Crippen molar-refractivity contribution in [2.24, 2.45) is 11.3 Å². The zero-order chi connectivity index (χ0) is 8.82. The minimum absolute atomic E-state index is 0.110. The Balaban J connectivity index is 2.05. The van der Waals surface area contributed by atoms with E-state index in [2.05, 4.69) is 0 Å². The first-order valence-corrected chi connectivity index (χ1v) is 6.92. The van der Waals surface area contributed by atoms with Crippen molar-refractivity contribution in [3.63, 3.8) is 0 Å². The highest BCUT2D eigenvalue weighted by Gasteiger charge is 2.56. The van der Waals surface area contributed by atoms with Crippen LogP contribution in [0.25, 0.3) is 0 Å². The maximum Gasteiger partial charge on any atom is 0.233 e. The fraction of sp³-hybridized carbons (Fsp3) is 1.00. The summed E-state index contributed by atoms with van der Waals surface area (Å²) in [7, 11) is 1.99. The van der Waals surface area contributed by atoms with Crippen LogP contribution in [0.15, 0.2) is 0 Å². The Morgan fingerprint density at radius 2 is 2.17 bits per heavy atom. The van der Waals surface area contributed by atoms with Crippen molar-refractivity contribution in [3.05, 3.63) is 0 Å². The minimum atomic E-state index is -3.27. The van der Waals surface area contributed by atoms with E-state index in [1.807, 2.05) is 0 Å². The van der Waals surface area contributed by atoms with Gasteiger partial charge in [-0.25, -0.2) is 8.42 Å². The van der Waals surface area contributed by atoms with Crippen molar-refractivity contribution in [2.75, 3.05) is 5.75 Å². The van der Waals surface area contributed by atoms with Crippen LogP contribution in [0.5, 0.6) is 0 Å². The van der Waals surface area contributed by atoms with Gasteiger partial charge in [0.25, 0.3) is 0 Å². The third-order valence-electron chi connectivity index (χ3n) is 3.30. The first-order chi connectivity index (χ1) is 5.52. The van der Waals surface area contributed by atoms with E-state index in [1.165, 1.54) is 19.3 Å². The zero-order valence-electron chi connectivity index (χ0n) is 6.92. The number of hydrogen-bond acceptors (Lipinski definition) is 2. The average molecular weight is 209 g/mol. The third-order valence-corrected chi connectivity index (χ3v) is 4.54. The molecule has 0 aliphatic heterocycles. The molecule has 0 spiro atoms. The van der Waals surface area contributed by atoms with Gasteiger partial charge in [-0.05, 0) is 30.6 Å². The lowest BCUT2D eigenvalue weighted by Gasteiger charge is -2.19. The van der Waals surface area contributed by atoms with Gasteiger partial charge in [0.1, 0.15) is 0 Å². The van der Waals surface area contributed by atoms with Crippen LogP contribution in [0.3, 0.4) is 0 Å². The molecule has 4 heteroatoms. The monoisotopic (exact) mass is 208 g/mol. The molecule has 2 rings (SSSR count). The molecular weight excluding hydrogens is 196 g/mol. The van der Waals surface area contributed by atoms with Crippen molar-refractivity contribution >= 4 is 19.7 Å². The summed E-state index contributed by atoms with van der Waals surface area (Å²) in [5.74, 6) is 0.881. The second-order valence-corrected chi connectivity index (χ2v) is 6.97. The van der Waals surface area contributed by atoms with Gasteiger partial charge in [-0.2, -0.15) is 0 Å². The molecule has 12 heavy (non-hydrogen) atoms. The highest BCUT2D eigenvalue weighted by atomic mass is 35.7. The largest absolute Gasteiger partial charge is 0.233 e. The Labute approximate surface area is 77.7 Å². The molecule has 0 aromatic heterocycles. The Hall–Kier alpha value is 0.240. The molecule has 0 N–H and O–H groups in total. The third kappa shape index (κ3) is 1.62. The molecule has 0 amide bonds. The lowest BCUT2D eigenvalue weighted by atomic mass is 9.90. The molecule has 2 aliphatic carbocycles. The highest BCUT2D eigenvalue weighted by molar-refractivity contribution is 8.13. The van der Waals surface area contributed by atoms with Crippen LogP contribution in [-0.4, -0.2) is 14.2 Å². The summed E-state index contributed by atoms with van der Waals surface area (Å²) in [5, 5.41) is 0. The van der Waals surface area contributed by atoms with Crippen LogP contribution in [0, 0.1) is 11.3 Å². The quantitative estimate of drug-likeness (QED) is 0.652. The van der Waals surface area contributed by atoms with Crippen LogP contribution >= 0.6 is 10.7 Å². The summed E-state index contributed by atoms with van der Waals surface area (Å²) in [4.78, 5) is 0.